The molecule has 0 aliphatic rings. The fourth-order valence-electron chi connectivity index (χ4n) is 0.532. The summed E-state index contributed by atoms with van der Waals surface area (Å²) >= 11 is 0. The number of hydrogen-bond donors (Lipinski definition) is 0. The molecular weight excluding hydrogens is 142 g/mol. The molecule has 0 spiro atoms. The lowest BCUT2D eigenvalue weighted by Crippen LogP contribution is -2.12. The van der Waals surface area contributed by atoms with Crippen LogP contribution in [0.5, 0.6) is 0 Å². The highest BCUT2D eigenvalue weighted by molar-refractivity contribution is 5.32. The highest BCUT2D eigenvalue weighted by Gasteiger charge is 2.01. The molecule has 5 nitrogen and oxygen atoms in total. The quantitative estimate of drug-likeness (QED) is 0.411. The molecule has 1 aromatic heterocycles. The Kier molecular flexibility index (Phi) is 1.97. The minimum Gasteiger partial charge on any atom is -0.250 e. The molecule has 1 heterocycles. The minimum atomic E-state index is 0.319. The van der Waals surface area contributed by atoms with Crippen molar-refractivity contribution in [3.8, 4) is 6.19 Å². The van der Waals surface area contributed by atoms with Gasteiger partial charge in [-0.25, -0.2) is 4.98 Å². The van der Waals surface area contributed by atoms with Crippen LogP contribution in [0.4, 0.5) is 5.95 Å². The van der Waals surface area contributed by atoms with Gasteiger partial charge in [-0.2, -0.15) is 15.2 Å². The summed E-state index contributed by atoms with van der Waals surface area (Å²) in [6, 6.07) is 0. The molecule has 0 N–H and O–H groups in total. The molecule has 0 aliphatic carbocycles. The number of aromatic nitrogens is 3. The van der Waals surface area contributed by atoms with Crippen LogP contribution >= 0.6 is 0 Å². The van der Waals surface area contributed by atoms with Crippen molar-refractivity contribution < 1.29 is 0 Å². The fraction of sp³-hybridized carbons (Fsp3) is 0.333. The third-order valence-corrected chi connectivity index (χ3v) is 1.07. The summed E-state index contributed by atoms with van der Waals surface area (Å²) in [4.78, 5) is 12.5. The predicted molar refractivity (Wildman–Crippen MR) is 37.4 cm³/mol. The Bertz CT molecular complexity index is 289. The number of aryl methyl sites for hydroxylation is 1. The van der Waals surface area contributed by atoms with Crippen molar-refractivity contribution >= 4 is 5.95 Å². The van der Waals surface area contributed by atoms with Gasteiger partial charge in [0.15, 0.2) is 6.19 Å². The standard InChI is InChI=1S/C6H6N5/c1-5-8-4-9-6(10-5)11(2)3-7/h1-2H3. The van der Waals surface area contributed by atoms with Gasteiger partial charge in [0.2, 0.25) is 12.3 Å². The molecule has 0 unspecified atom stereocenters. The summed E-state index contributed by atoms with van der Waals surface area (Å²) < 4.78 is 0. The van der Waals surface area contributed by atoms with Gasteiger partial charge >= 0.3 is 0 Å². The van der Waals surface area contributed by atoms with E-state index >= 15 is 0 Å². The lowest BCUT2D eigenvalue weighted by molar-refractivity contribution is 0.930. The molecule has 55 valence electrons. The maximum absolute atomic E-state index is 8.44. The maximum atomic E-state index is 8.44. The molecular formula is C6H6N5. The molecule has 5 heteroatoms. The van der Waals surface area contributed by atoms with Crippen LogP contribution in [0.3, 0.4) is 0 Å². The van der Waals surface area contributed by atoms with Crippen molar-refractivity contribution in [2.45, 2.75) is 6.92 Å². The zero-order valence-corrected chi connectivity index (χ0v) is 6.24. The van der Waals surface area contributed by atoms with Crippen molar-refractivity contribution in [2.75, 3.05) is 11.9 Å². The molecule has 1 radical (unpaired) electrons. The first-order valence-corrected chi connectivity index (χ1v) is 2.96. The van der Waals surface area contributed by atoms with E-state index in [4.69, 9.17) is 5.26 Å². The highest BCUT2D eigenvalue weighted by atomic mass is 15.2. The largest absolute Gasteiger partial charge is 0.250 e. The molecule has 1 rings (SSSR count). The topological polar surface area (TPSA) is 65.7 Å². The van der Waals surface area contributed by atoms with Gasteiger partial charge in [-0.3, -0.25) is 4.90 Å². The molecule has 0 aromatic carbocycles. The Labute approximate surface area is 64.3 Å². The van der Waals surface area contributed by atoms with Gasteiger partial charge in [-0.05, 0) is 6.92 Å². The summed E-state index contributed by atoms with van der Waals surface area (Å²) in [5.74, 6) is 0.872. The molecule has 0 fully saturated rings. The molecule has 0 atom stereocenters. The average Bonchev–Trinajstić information content (AvgIpc) is 2.03. The van der Waals surface area contributed by atoms with E-state index in [1.807, 2.05) is 6.19 Å². The molecule has 1 aromatic rings. The van der Waals surface area contributed by atoms with Gasteiger partial charge in [0.25, 0.3) is 0 Å². The fourth-order valence-corrected chi connectivity index (χ4v) is 0.532. The second kappa shape index (κ2) is 2.92. The summed E-state index contributed by atoms with van der Waals surface area (Å²) in [7, 11) is 1.57. The van der Waals surface area contributed by atoms with E-state index in [1.165, 1.54) is 4.90 Å². The number of anilines is 1. The highest BCUT2D eigenvalue weighted by Crippen LogP contribution is 1.99. The van der Waals surface area contributed by atoms with Gasteiger partial charge in [-0.1, -0.05) is 0 Å². The van der Waals surface area contributed by atoms with Crippen LogP contribution in [0, 0.1) is 24.7 Å². The zero-order chi connectivity index (χ0) is 8.27. The van der Waals surface area contributed by atoms with E-state index in [9.17, 15) is 0 Å². The SMILES string of the molecule is Cc1n[c]nc(N(C)C#N)n1. The Balaban J connectivity index is 2.98. The number of hydrogen-bond acceptors (Lipinski definition) is 5. The smallest absolute Gasteiger partial charge is 0.242 e. The van der Waals surface area contributed by atoms with Crippen LogP contribution in [0.25, 0.3) is 0 Å². The van der Waals surface area contributed by atoms with Gasteiger partial charge in [0.1, 0.15) is 5.82 Å². The predicted octanol–water partition coefficient (Wildman–Crippen LogP) is -0.103. The van der Waals surface area contributed by atoms with E-state index < -0.39 is 0 Å². The Morgan fingerprint density at radius 3 is 2.82 bits per heavy atom. The van der Waals surface area contributed by atoms with Crippen molar-refractivity contribution in [3.05, 3.63) is 12.2 Å². The van der Waals surface area contributed by atoms with Crippen LogP contribution in [0.15, 0.2) is 0 Å². The van der Waals surface area contributed by atoms with E-state index in [0.717, 1.165) is 0 Å². The van der Waals surface area contributed by atoms with Crippen molar-refractivity contribution in [1.82, 2.24) is 15.0 Å². The summed E-state index contributed by atoms with van der Waals surface area (Å²) in [5.41, 5.74) is 0. The molecule has 0 bridgehead atoms. The van der Waals surface area contributed by atoms with Crippen LogP contribution in [0.1, 0.15) is 5.82 Å². The van der Waals surface area contributed by atoms with E-state index in [2.05, 4.69) is 21.3 Å². The van der Waals surface area contributed by atoms with Crippen LogP contribution in [-0.4, -0.2) is 22.0 Å². The first kappa shape index (κ1) is 7.41. The first-order chi connectivity index (χ1) is 5.24. The van der Waals surface area contributed by atoms with Crippen molar-refractivity contribution in [2.24, 2.45) is 0 Å². The van der Waals surface area contributed by atoms with Crippen molar-refractivity contribution in [3.63, 3.8) is 0 Å². The lowest BCUT2D eigenvalue weighted by Gasteiger charge is -2.03. The summed E-state index contributed by atoms with van der Waals surface area (Å²) in [5, 5.41) is 8.44. The molecule has 0 amide bonds. The normalized spacial score (nSPS) is 8.82. The van der Waals surface area contributed by atoms with Gasteiger partial charge in [0.05, 0.1) is 0 Å². The minimum absolute atomic E-state index is 0.319. The van der Waals surface area contributed by atoms with Gasteiger partial charge in [0, 0.05) is 7.05 Å². The monoisotopic (exact) mass is 148 g/mol. The number of nitriles is 1. The lowest BCUT2D eigenvalue weighted by atomic mass is 10.7. The Morgan fingerprint density at radius 2 is 2.27 bits per heavy atom. The van der Waals surface area contributed by atoms with Crippen molar-refractivity contribution in [1.29, 1.82) is 5.26 Å². The molecule has 11 heavy (non-hydrogen) atoms. The summed E-state index contributed by atoms with van der Waals surface area (Å²) in [6.07, 6.45) is 4.26. The third-order valence-electron chi connectivity index (χ3n) is 1.07. The molecule has 0 saturated heterocycles. The average molecular weight is 148 g/mol. The second-order valence-corrected chi connectivity index (χ2v) is 1.94. The Hall–Kier alpha value is -1.70. The Morgan fingerprint density at radius 1 is 1.55 bits per heavy atom. The summed E-state index contributed by atoms with van der Waals surface area (Å²) in [6.45, 7) is 1.72. The van der Waals surface area contributed by atoms with Crippen LogP contribution in [0.2, 0.25) is 0 Å². The third kappa shape index (κ3) is 1.61. The van der Waals surface area contributed by atoms with Crippen LogP contribution < -0.4 is 4.90 Å². The van der Waals surface area contributed by atoms with Crippen LogP contribution in [-0.2, 0) is 0 Å². The molecule has 0 saturated carbocycles. The van der Waals surface area contributed by atoms with E-state index in [1.54, 1.807) is 14.0 Å². The van der Waals surface area contributed by atoms with Gasteiger partial charge < -0.3 is 0 Å². The molecule has 0 aliphatic heterocycles. The number of nitrogens with zero attached hydrogens (tertiary/aromatic N) is 5. The zero-order valence-electron chi connectivity index (χ0n) is 6.24. The van der Waals surface area contributed by atoms with Gasteiger partial charge in [-0.15, -0.1) is 0 Å². The van der Waals surface area contributed by atoms with E-state index in [0.29, 0.717) is 11.8 Å². The van der Waals surface area contributed by atoms with E-state index in [-0.39, 0.29) is 0 Å². The maximum Gasteiger partial charge on any atom is 0.242 e. The number of rotatable bonds is 1. The second-order valence-electron chi connectivity index (χ2n) is 1.94. The first-order valence-electron chi connectivity index (χ1n) is 2.96.